The molecule has 0 amide bonds. The van der Waals surface area contributed by atoms with E-state index in [0.29, 0.717) is 26.2 Å². The molecule has 0 rings (SSSR count). The molecular weight excluding hydrogens is 292 g/mol. The number of carbonyl (C=O) groups excluding carboxylic acids is 2. The van der Waals surface area contributed by atoms with Crippen molar-refractivity contribution in [3.05, 3.63) is 0 Å². The van der Waals surface area contributed by atoms with Crippen LogP contribution in [0.3, 0.4) is 0 Å². The number of carbonyl (C=O) groups is 2. The molecule has 23 heavy (non-hydrogen) atoms. The standard InChI is InChI=1S/C19H36O4/c1-3-5-7-9-11-13-19(15-22-17-20,16-23-18-21)14-12-10-8-6-4-2/h17-18H,3-16H2,1-2H3. The highest BCUT2D eigenvalue weighted by atomic mass is 16.5. The van der Waals surface area contributed by atoms with Crippen molar-refractivity contribution in [3.63, 3.8) is 0 Å². The van der Waals surface area contributed by atoms with Crippen LogP contribution in [0.4, 0.5) is 0 Å². The van der Waals surface area contributed by atoms with E-state index < -0.39 is 0 Å². The van der Waals surface area contributed by atoms with Crippen LogP contribution in [0, 0.1) is 5.41 Å². The molecule has 0 aliphatic rings. The van der Waals surface area contributed by atoms with Gasteiger partial charge in [-0.2, -0.15) is 0 Å². The average Bonchev–Trinajstić information content (AvgIpc) is 2.57. The summed E-state index contributed by atoms with van der Waals surface area (Å²) in [6, 6.07) is 0. The van der Waals surface area contributed by atoms with Gasteiger partial charge in [0.2, 0.25) is 0 Å². The van der Waals surface area contributed by atoms with E-state index in [4.69, 9.17) is 9.47 Å². The fourth-order valence-corrected chi connectivity index (χ4v) is 3.08. The van der Waals surface area contributed by atoms with E-state index in [0.717, 1.165) is 25.7 Å². The molecule has 0 aromatic heterocycles. The van der Waals surface area contributed by atoms with E-state index in [9.17, 15) is 9.59 Å². The Morgan fingerprint density at radius 1 is 0.652 bits per heavy atom. The largest absolute Gasteiger partial charge is 0.467 e. The van der Waals surface area contributed by atoms with E-state index in [1.54, 1.807) is 0 Å². The molecule has 0 aromatic rings. The molecule has 0 atom stereocenters. The van der Waals surface area contributed by atoms with Crippen molar-refractivity contribution >= 4 is 12.9 Å². The van der Waals surface area contributed by atoms with E-state index in [1.165, 1.54) is 51.4 Å². The Morgan fingerprint density at radius 3 is 1.39 bits per heavy atom. The lowest BCUT2D eigenvalue weighted by Gasteiger charge is -2.32. The van der Waals surface area contributed by atoms with Crippen LogP contribution in [0.2, 0.25) is 0 Å². The Labute approximate surface area is 142 Å². The third kappa shape index (κ3) is 12.1. The molecule has 0 unspecified atom stereocenters. The summed E-state index contributed by atoms with van der Waals surface area (Å²) in [7, 11) is 0. The first-order valence-corrected chi connectivity index (χ1v) is 9.35. The third-order valence-electron chi connectivity index (χ3n) is 4.54. The zero-order chi connectivity index (χ0) is 17.2. The Bertz CT molecular complexity index is 251. The number of hydrogen-bond donors (Lipinski definition) is 0. The van der Waals surface area contributed by atoms with Gasteiger partial charge in [-0.3, -0.25) is 9.59 Å². The predicted octanol–water partition coefficient (Wildman–Crippen LogP) is 5.04. The molecule has 4 heteroatoms. The third-order valence-corrected chi connectivity index (χ3v) is 4.54. The SMILES string of the molecule is CCCCCCCC(CCCCCCC)(COC=O)COC=O. The quantitative estimate of drug-likeness (QED) is 0.261. The van der Waals surface area contributed by atoms with Gasteiger partial charge >= 0.3 is 0 Å². The topological polar surface area (TPSA) is 52.6 Å². The van der Waals surface area contributed by atoms with Gasteiger partial charge in [0.25, 0.3) is 12.9 Å². The Morgan fingerprint density at radius 2 is 1.04 bits per heavy atom. The van der Waals surface area contributed by atoms with Crippen molar-refractivity contribution in [2.45, 2.75) is 90.9 Å². The van der Waals surface area contributed by atoms with Crippen LogP contribution in [-0.2, 0) is 19.1 Å². The highest BCUT2D eigenvalue weighted by molar-refractivity contribution is 5.37. The monoisotopic (exact) mass is 328 g/mol. The average molecular weight is 328 g/mol. The Hall–Kier alpha value is -1.06. The van der Waals surface area contributed by atoms with Gasteiger partial charge in [0.1, 0.15) is 0 Å². The molecule has 0 N–H and O–H groups in total. The van der Waals surface area contributed by atoms with Crippen LogP contribution < -0.4 is 0 Å². The molecule has 136 valence electrons. The van der Waals surface area contributed by atoms with E-state index in [2.05, 4.69) is 13.8 Å². The number of ether oxygens (including phenoxy) is 2. The van der Waals surface area contributed by atoms with Gasteiger partial charge in [0.15, 0.2) is 0 Å². The van der Waals surface area contributed by atoms with Crippen LogP contribution in [0.1, 0.15) is 90.9 Å². The van der Waals surface area contributed by atoms with E-state index in [-0.39, 0.29) is 5.41 Å². The zero-order valence-corrected chi connectivity index (χ0v) is 15.2. The molecule has 0 aromatic carbocycles. The molecule has 0 bridgehead atoms. The lowest BCUT2D eigenvalue weighted by Crippen LogP contribution is -2.32. The van der Waals surface area contributed by atoms with Crippen molar-refractivity contribution in [3.8, 4) is 0 Å². The summed E-state index contributed by atoms with van der Waals surface area (Å²) < 4.78 is 10.2. The normalized spacial score (nSPS) is 11.2. The van der Waals surface area contributed by atoms with E-state index >= 15 is 0 Å². The maximum atomic E-state index is 10.6. The fourth-order valence-electron chi connectivity index (χ4n) is 3.08. The predicted molar refractivity (Wildman–Crippen MR) is 93.2 cm³/mol. The highest BCUT2D eigenvalue weighted by Crippen LogP contribution is 2.33. The molecule has 0 spiro atoms. The number of rotatable bonds is 18. The summed E-state index contributed by atoms with van der Waals surface area (Å²) in [4.78, 5) is 21.2. The van der Waals surface area contributed by atoms with Crippen LogP contribution in [0.15, 0.2) is 0 Å². The highest BCUT2D eigenvalue weighted by Gasteiger charge is 2.31. The minimum Gasteiger partial charge on any atom is -0.467 e. The van der Waals surface area contributed by atoms with Crippen molar-refractivity contribution < 1.29 is 19.1 Å². The molecule has 0 fully saturated rings. The first-order chi connectivity index (χ1) is 11.2. The minimum absolute atomic E-state index is 0.208. The van der Waals surface area contributed by atoms with Crippen LogP contribution in [-0.4, -0.2) is 26.2 Å². The molecule has 0 aliphatic carbocycles. The van der Waals surface area contributed by atoms with E-state index in [1.807, 2.05) is 0 Å². The molecule has 4 nitrogen and oxygen atoms in total. The smallest absolute Gasteiger partial charge is 0.293 e. The maximum absolute atomic E-state index is 10.6. The first-order valence-electron chi connectivity index (χ1n) is 9.35. The molecule has 0 radical (unpaired) electrons. The van der Waals surface area contributed by atoms with Crippen LogP contribution >= 0.6 is 0 Å². The molecule has 0 heterocycles. The van der Waals surface area contributed by atoms with Gasteiger partial charge in [-0.25, -0.2) is 0 Å². The first kappa shape index (κ1) is 21.9. The van der Waals surface area contributed by atoms with Gasteiger partial charge in [-0.1, -0.05) is 78.1 Å². The Balaban J connectivity index is 4.45. The summed E-state index contributed by atoms with van der Waals surface area (Å²) in [5, 5.41) is 0. The zero-order valence-electron chi connectivity index (χ0n) is 15.2. The van der Waals surface area contributed by atoms with Crippen molar-refractivity contribution in [1.82, 2.24) is 0 Å². The van der Waals surface area contributed by atoms with Gasteiger partial charge in [0.05, 0.1) is 13.2 Å². The second kappa shape index (κ2) is 15.8. The minimum atomic E-state index is -0.208. The second-order valence-electron chi connectivity index (χ2n) is 6.64. The summed E-state index contributed by atoms with van der Waals surface area (Å²) in [5.74, 6) is 0. The summed E-state index contributed by atoms with van der Waals surface area (Å²) in [5.41, 5.74) is -0.208. The van der Waals surface area contributed by atoms with Gasteiger partial charge in [-0.05, 0) is 12.8 Å². The van der Waals surface area contributed by atoms with Crippen LogP contribution in [0.25, 0.3) is 0 Å². The summed E-state index contributed by atoms with van der Waals surface area (Å²) in [6.07, 6.45) is 13.9. The molecule has 0 aliphatic heterocycles. The van der Waals surface area contributed by atoms with Crippen molar-refractivity contribution in [2.24, 2.45) is 5.41 Å². The summed E-state index contributed by atoms with van der Waals surface area (Å²) >= 11 is 0. The van der Waals surface area contributed by atoms with Gasteiger partial charge in [-0.15, -0.1) is 0 Å². The lowest BCUT2D eigenvalue weighted by atomic mass is 9.79. The van der Waals surface area contributed by atoms with Crippen LogP contribution in [0.5, 0.6) is 0 Å². The fraction of sp³-hybridized carbons (Fsp3) is 0.895. The molecule has 0 saturated carbocycles. The van der Waals surface area contributed by atoms with Crippen molar-refractivity contribution in [2.75, 3.05) is 13.2 Å². The number of hydrogen-bond acceptors (Lipinski definition) is 4. The van der Waals surface area contributed by atoms with Gasteiger partial charge < -0.3 is 9.47 Å². The molecular formula is C19H36O4. The lowest BCUT2D eigenvalue weighted by molar-refractivity contribution is -0.139. The number of unbranched alkanes of at least 4 members (excludes halogenated alkanes) is 8. The molecule has 0 saturated heterocycles. The van der Waals surface area contributed by atoms with Crippen molar-refractivity contribution in [1.29, 1.82) is 0 Å². The summed E-state index contributed by atoms with van der Waals surface area (Å²) in [6.45, 7) is 6.12. The Kier molecular flexibility index (Phi) is 15.1. The van der Waals surface area contributed by atoms with Gasteiger partial charge in [0, 0.05) is 5.41 Å². The second-order valence-corrected chi connectivity index (χ2v) is 6.64. The maximum Gasteiger partial charge on any atom is 0.293 e.